The monoisotopic (exact) mass is 306 g/mol. The molecule has 2 N–H and O–H groups in total. The highest BCUT2D eigenvalue weighted by molar-refractivity contribution is 5.33. The maximum atomic E-state index is 6.68. The van der Waals surface area contributed by atoms with Gasteiger partial charge in [0.2, 0.25) is 0 Å². The third kappa shape index (κ3) is 2.93. The van der Waals surface area contributed by atoms with Gasteiger partial charge in [0.05, 0.1) is 6.04 Å². The van der Waals surface area contributed by atoms with Crippen LogP contribution in [0, 0.1) is 0 Å². The van der Waals surface area contributed by atoms with Crippen molar-refractivity contribution in [2.75, 3.05) is 0 Å². The average Bonchev–Trinajstić information content (AvgIpc) is 3.39. The van der Waals surface area contributed by atoms with Crippen molar-refractivity contribution in [2.24, 2.45) is 5.73 Å². The zero-order valence-electron chi connectivity index (χ0n) is 13.6. The van der Waals surface area contributed by atoms with Crippen molar-refractivity contribution >= 4 is 0 Å². The van der Waals surface area contributed by atoms with Crippen molar-refractivity contribution in [3.63, 3.8) is 0 Å². The average molecular weight is 306 g/mol. The van der Waals surface area contributed by atoms with Crippen LogP contribution in [-0.4, -0.2) is 17.0 Å². The van der Waals surface area contributed by atoms with Crippen LogP contribution in [0.4, 0.5) is 0 Å². The number of hydrogen-bond acceptors (Lipinski definition) is 2. The molecule has 1 saturated heterocycles. The van der Waals surface area contributed by atoms with Gasteiger partial charge < -0.3 is 5.73 Å². The number of nitrogens with zero attached hydrogens (tertiary/aromatic N) is 1. The molecule has 2 nitrogen and oxygen atoms in total. The van der Waals surface area contributed by atoms with Gasteiger partial charge in [-0.1, -0.05) is 79.9 Å². The van der Waals surface area contributed by atoms with Gasteiger partial charge in [0, 0.05) is 18.1 Å². The lowest BCUT2D eigenvalue weighted by Crippen LogP contribution is -2.28. The molecule has 23 heavy (non-hydrogen) atoms. The molecule has 2 heteroatoms. The minimum absolute atomic E-state index is 0.100. The first-order chi connectivity index (χ1) is 11.4. The Morgan fingerprint density at radius 2 is 1.43 bits per heavy atom. The molecule has 2 aromatic rings. The molecule has 0 aromatic heterocycles. The fraction of sp³-hybridized carbons (Fsp3) is 0.429. The lowest BCUT2D eigenvalue weighted by Gasteiger charge is -2.25. The van der Waals surface area contributed by atoms with Crippen molar-refractivity contribution in [3.05, 3.63) is 71.8 Å². The Bertz CT molecular complexity index is 619. The Balaban J connectivity index is 1.60. The van der Waals surface area contributed by atoms with Crippen LogP contribution in [0.15, 0.2) is 60.7 Å². The van der Waals surface area contributed by atoms with Gasteiger partial charge in [0.25, 0.3) is 0 Å². The smallest absolute Gasteiger partial charge is 0.0529 e. The quantitative estimate of drug-likeness (QED) is 0.846. The van der Waals surface area contributed by atoms with E-state index in [2.05, 4.69) is 65.6 Å². The summed E-state index contributed by atoms with van der Waals surface area (Å²) >= 11 is 0. The lowest BCUT2D eigenvalue weighted by molar-refractivity contribution is 0.262. The van der Waals surface area contributed by atoms with Crippen LogP contribution in [0.2, 0.25) is 0 Å². The SMILES string of the molecule is N[C@H](c1ccccc1)[C@H]1[C@H](c2ccccc2)N1C1CCCCC1. The van der Waals surface area contributed by atoms with E-state index in [1.807, 2.05) is 0 Å². The topological polar surface area (TPSA) is 29.0 Å². The number of hydrogen-bond donors (Lipinski definition) is 1. The lowest BCUT2D eigenvalue weighted by atomic mass is 9.95. The van der Waals surface area contributed by atoms with Gasteiger partial charge in [-0.25, -0.2) is 0 Å². The maximum Gasteiger partial charge on any atom is 0.0529 e. The predicted molar refractivity (Wildman–Crippen MR) is 95.1 cm³/mol. The second-order valence-electron chi connectivity index (χ2n) is 7.02. The van der Waals surface area contributed by atoms with E-state index in [1.165, 1.54) is 43.2 Å². The molecule has 4 rings (SSSR count). The summed E-state index contributed by atoms with van der Waals surface area (Å²) in [6.45, 7) is 0. The largest absolute Gasteiger partial charge is 0.323 e. The van der Waals surface area contributed by atoms with Crippen molar-refractivity contribution in [3.8, 4) is 0 Å². The highest BCUT2D eigenvalue weighted by Crippen LogP contribution is 2.52. The molecule has 1 aliphatic carbocycles. The molecule has 1 heterocycles. The summed E-state index contributed by atoms with van der Waals surface area (Å²) in [5.41, 5.74) is 9.37. The Morgan fingerprint density at radius 3 is 2.09 bits per heavy atom. The second-order valence-corrected chi connectivity index (χ2v) is 7.02. The van der Waals surface area contributed by atoms with Crippen molar-refractivity contribution in [1.29, 1.82) is 0 Å². The zero-order valence-corrected chi connectivity index (χ0v) is 13.6. The van der Waals surface area contributed by atoms with Gasteiger partial charge in [-0.15, -0.1) is 0 Å². The summed E-state index contributed by atoms with van der Waals surface area (Å²) < 4.78 is 0. The van der Waals surface area contributed by atoms with Crippen molar-refractivity contribution in [1.82, 2.24) is 4.90 Å². The van der Waals surface area contributed by atoms with Crippen LogP contribution in [0.25, 0.3) is 0 Å². The third-order valence-electron chi connectivity index (χ3n) is 5.59. The minimum atomic E-state index is 0.100. The van der Waals surface area contributed by atoms with Gasteiger partial charge in [0.1, 0.15) is 0 Å². The summed E-state index contributed by atoms with van der Waals surface area (Å²) in [7, 11) is 0. The van der Waals surface area contributed by atoms with Crippen molar-refractivity contribution in [2.45, 2.75) is 56.3 Å². The standard InChI is InChI=1S/C21H26N2/c22-19(16-10-4-1-5-11-16)21-20(17-12-6-2-7-13-17)23(21)18-14-8-3-9-15-18/h1-2,4-7,10-13,18-21H,3,8-9,14-15,22H2/t19-,20+,21+,23?/m1/s1. The highest BCUT2D eigenvalue weighted by Gasteiger charge is 2.54. The Labute approximate surface area is 139 Å². The molecule has 0 radical (unpaired) electrons. The molecule has 2 aromatic carbocycles. The van der Waals surface area contributed by atoms with E-state index in [4.69, 9.17) is 5.73 Å². The summed E-state index contributed by atoms with van der Waals surface area (Å²) in [5, 5.41) is 0. The zero-order chi connectivity index (χ0) is 15.6. The van der Waals surface area contributed by atoms with Crippen LogP contribution in [0.3, 0.4) is 0 Å². The van der Waals surface area contributed by atoms with Crippen molar-refractivity contribution < 1.29 is 0 Å². The van der Waals surface area contributed by atoms with E-state index in [1.54, 1.807) is 0 Å². The summed E-state index contributed by atoms with van der Waals surface area (Å²) in [5.74, 6) is 0. The van der Waals surface area contributed by atoms with E-state index in [0.29, 0.717) is 18.1 Å². The molecule has 0 spiro atoms. The summed E-state index contributed by atoms with van der Waals surface area (Å²) in [6.07, 6.45) is 6.81. The van der Waals surface area contributed by atoms with Gasteiger partial charge in [0.15, 0.2) is 0 Å². The molecule has 4 atom stereocenters. The first kappa shape index (κ1) is 14.9. The molecule has 1 saturated carbocycles. The Kier molecular flexibility index (Phi) is 4.19. The fourth-order valence-electron chi connectivity index (χ4n) is 4.39. The summed E-state index contributed by atoms with van der Waals surface area (Å²) in [6, 6.07) is 23.3. The molecule has 2 aliphatic rings. The van der Waals surface area contributed by atoms with Gasteiger partial charge in [-0.3, -0.25) is 4.90 Å². The van der Waals surface area contributed by atoms with Gasteiger partial charge in [-0.05, 0) is 24.0 Å². The van der Waals surface area contributed by atoms with E-state index in [-0.39, 0.29) is 6.04 Å². The fourth-order valence-corrected chi connectivity index (χ4v) is 4.39. The van der Waals surface area contributed by atoms with E-state index >= 15 is 0 Å². The van der Waals surface area contributed by atoms with Crippen LogP contribution < -0.4 is 5.73 Å². The second kappa shape index (κ2) is 6.46. The highest BCUT2D eigenvalue weighted by atomic mass is 15.4. The normalized spacial score (nSPS) is 29.2. The number of benzene rings is 2. The Morgan fingerprint density at radius 1 is 0.826 bits per heavy atom. The van der Waals surface area contributed by atoms with Crippen LogP contribution >= 0.6 is 0 Å². The first-order valence-corrected chi connectivity index (χ1v) is 8.99. The maximum absolute atomic E-state index is 6.68. The molecular weight excluding hydrogens is 280 g/mol. The van der Waals surface area contributed by atoms with E-state index in [0.717, 1.165) is 0 Å². The summed E-state index contributed by atoms with van der Waals surface area (Å²) in [4.78, 5) is 2.70. The molecule has 0 bridgehead atoms. The molecule has 0 amide bonds. The van der Waals surface area contributed by atoms with Gasteiger partial charge >= 0.3 is 0 Å². The first-order valence-electron chi connectivity index (χ1n) is 8.99. The number of rotatable bonds is 4. The van der Waals surface area contributed by atoms with Gasteiger partial charge in [-0.2, -0.15) is 0 Å². The Hall–Kier alpha value is -1.64. The van der Waals surface area contributed by atoms with Crippen LogP contribution in [0.1, 0.15) is 55.3 Å². The molecule has 1 aliphatic heterocycles. The molecule has 1 unspecified atom stereocenters. The molecule has 120 valence electrons. The van der Waals surface area contributed by atoms with Crippen LogP contribution in [0.5, 0.6) is 0 Å². The molecular formula is C21H26N2. The van der Waals surface area contributed by atoms with E-state index < -0.39 is 0 Å². The molecule has 2 fully saturated rings. The minimum Gasteiger partial charge on any atom is -0.323 e. The number of nitrogens with two attached hydrogens (primary N) is 1. The predicted octanol–water partition coefficient (Wildman–Crippen LogP) is 4.44. The van der Waals surface area contributed by atoms with E-state index in [9.17, 15) is 0 Å². The van der Waals surface area contributed by atoms with Crippen LogP contribution in [-0.2, 0) is 0 Å². The third-order valence-corrected chi connectivity index (χ3v) is 5.59.